The van der Waals surface area contributed by atoms with Crippen molar-refractivity contribution >= 4 is 34.8 Å². The zero-order valence-electron chi connectivity index (χ0n) is 17.4. The third-order valence-corrected chi connectivity index (χ3v) is 9.85. The number of benzene rings is 3. The molecular formula is C25H24ClN3OP+. The van der Waals surface area contributed by atoms with Crippen LogP contribution in [0.25, 0.3) is 0 Å². The fourth-order valence-electron chi connectivity index (χ4n) is 3.84. The molecule has 0 fully saturated rings. The molecule has 0 N–H and O–H groups in total. The summed E-state index contributed by atoms with van der Waals surface area (Å²) in [6.45, 7) is 2.28. The van der Waals surface area contributed by atoms with Crippen molar-refractivity contribution in [3.8, 4) is 6.01 Å². The fraction of sp³-hybridized carbons (Fsp3) is 0.160. The molecule has 0 radical (unpaired) electrons. The topological polar surface area (TPSA) is 47.9 Å². The molecule has 1 heterocycles. The van der Waals surface area contributed by atoms with Gasteiger partial charge in [0.15, 0.2) is 0 Å². The Morgan fingerprint density at radius 3 is 1.65 bits per heavy atom. The second-order valence-electron chi connectivity index (χ2n) is 7.18. The highest BCUT2D eigenvalue weighted by Crippen LogP contribution is 2.55. The Labute approximate surface area is 188 Å². The van der Waals surface area contributed by atoms with Crippen LogP contribution in [0.4, 0.5) is 0 Å². The Hall–Kier alpha value is -2.81. The second kappa shape index (κ2) is 10.00. The van der Waals surface area contributed by atoms with Gasteiger partial charge < -0.3 is 4.74 Å². The fourth-order valence-corrected chi connectivity index (χ4v) is 8.35. The molecule has 0 spiro atoms. The molecular weight excluding hydrogens is 425 g/mol. The van der Waals surface area contributed by atoms with Gasteiger partial charge in [-0.3, -0.25) is 0 Å². The number of hydrogen-bond donors (Lipinski definition) is 0. The van der Waals surface area contributed by atoms with Crippen molar-refractivity contribution in [3.05, 3.63) is 102 Å². The van der Waals surface area contributed by atoms with E-state index in [1.54, 1.807) is 6.92 Å². The van der Waals surface area contributed by atoms with Crippen LogP contribution in [0.3, 0.4) is 0 Å². The first-order valence-electron chi connectivity index (χ1n) is 10.2. The molecule has 6 heteroatoms. The summed E-state index contributed by atoms with van der Waals surface area (Å²) < 4.78 is 5.84. The molecule has 0 bridgehead atoms. The van der Waals surface area contributed by atoms with Crippen LogP contribution >= 0.6 is 18.9 Å². The number of aromatic nitrogens is 3. The van der Waals surface area contributed by atoms with Crippen LogP contribution in [0, 0.1) is 6.92 Å². The lowest BCUT2D eigenvalue weighted by molar-refractivity contribution is 0.291. The Kier molecular flexibility index (Phi) is 6.91. The van der Waals surface area contributed by atoms with E-state index in [1.165, 1.54) is 15.9 Å². The maximum atomic E-state index is 5.94. The van der Waals surface area contributed by atoms with Crippen molar-refractivity contribution in [3.63, 3.8) is 0 Å². The van der Waals surface area contributed by atoms with E-state index in [0.29, 0.717) is 12.4 Å². The van der Waals surface area contributed by atoms with E-state index in [9.17, 15) is 0 Å². The van der Waals surface area contributed by atoms with Crippen LogP contribution in [0.5, 0.6) is 6.01 Å². The molecule has 156 valence electrons. The molecule has 0 aliphatic carbocycles. The predicted molar refractivity (Wildman–Crippen MR) is 130 cm³/mol. The van der Waals surface area contributed by atoms with Crippen molar-refractivity contribution in [2.45, 2.75) is 13.3 Å². The molecule has 0 saturated heterocycles. The number of rotatable bonds is 8. The molecule has 0 atom stereocenters. The van der Waals surface area contributed by atoms with E-state index in [1.807, 2.05) is 0 Å². The van der Waals surface area contributed by atoms with Gasteiger partial charge in [0.1, 0.15) is 29.0 Å². The van der Waals surface area contributed by atoms with Gasteiger partial charge in [0.25, 0.3) is 0 Å². The quantitative estimate of drug-likeness (QED) is 0.292. The molecule has 0 amide bonds. The highest BCUT2D eigenvalue weighted by Gasteiger charge is 2.44. The summed E-state index contributed by atoms with van der Waals surface area (Å²) in [7, 11) is -1.85. The maximum Gasteiger partial charge on any atom is 0.320 e. The van der Waals surface area contributed by atoms with Gasteiger partial charge in [0.2, 0.25) is 5.28 Å². The van der Waals surface area contributed by atoms with E-state index in [0.717, 1.165) is 12.6 Å². The minimum atomic E-state index is -1.85. The first kappa shape index (κ1) is 21.4. The van der Waals surface area contributed by atoms with Gasteiger partial charge in [-0.2, -0.15) is 9.97 Å². The number of ether oxygens (including phenoxy) is 1. The Morgan fingerprint density at radius 2 is 1.19 bits per heavy atom. The SMILES string of the molecule is Cc1nc(Cl)nc(OCCC[P+](c2ccccc2)(c2ccccc2)c2ccccc2)n1. The van der Waals surface area contributed by atoms with E-state index >= 15 is 0 Å². The van der Waals surface area contributed by atoms with Crippen LogP contribution < -0.4 is 20.7 Å². The minimum Gasteiger partial charge on any atom is -0.463 e. The molecule has 4 aromatic rings. The third kappa shape index (κ3) is 4.92. The van der Waals surface area contributed by atoms with Gasteiger partial charge in [-0.25, -0.2) is 4.98 Å². The minimum absolute atomic E-state index is 0.155. The zero-order valence-corrected chi connectivity index (χ0v) is 19.0. The monoisotopic (exact) mass is 448 g/mol. The van der Waals surface area contributed by atoms with Gasteiger partial charge in [-0.05, 0) is 54.9 Å². The summed E-state index contributed by atoms with van der Waals surface area (Å²) >= 11 is 5.94. The van der Waals surface area contributed by atoms with Crippen molar-refractivity contribution < 1.29 is 4.74 Å². The molecule has 31 heavy (non-hydrogen) atoms. The molecule has 3 aromatic carbocycles. The first-order valence-corrected chi connectivity index (χ1v) is 12.6. The third-order valence-electron chi connectivity index (χ3n) is 5.16. The average Bonchev–Trinajstić information content (AvgIpc) is 2.80. The number of nitrogens with zero attached hydrogens (tertiary/aromatic N) is 3. The predicted octanol–water partition coefficient (Wildman–Crippen LogP) is 4.60. The Morgan fingerprint density at radius 1 is 0.710 bits per heavy atom. The van der Waals surface area contributed by atoms with E-state index in [2.05, 4.69) is 106 Å². The zero-order chi connectivity index (χ0) is 21.5. The summed E-state index contributed by atoms with van der Waals surface area (Å²) in [5, 5.41) is 4.26. The van der Waals surface area contributed by atoms with E-state index in [4.69, 9.17) is 16.3 Å². The largest absolute Gasteiger partial charge is 0.463 e. The molecule has 0 aliphatic heterocycles. The van der Waals surface area contributed by atoms with Gasteiger partial charge >= 0.3 is 6.01 Å². The normalized spacial score (nSPS) is 11.3. The summed E-state index contributed by atoms with van der Waals surface area (Å²) in [5.41, 5.74) is 0. The number of aryl methyl sites for hydroxylation is 1. The smallest absolute Gasteiger partial charge is 0.320 e. The number of halogens is 1. The molecule has 4 rings (SSSR count). The van der Waals surface area contributed by atoms with Gasteiger partial charge in [-0.15, -0.1) is 0 Å². The van der Waals surface area contributed by atoms with Crippen LogP contribution in [0.2, 0.25) is 5.28 Å². The van der Waals surface area contributed by atoms with Crippen molar-refractivity contribution in [2.24, 2.45) is 0 Å². The maximum absolute atomic E-state index is 5.94. The van der Waals surface area contributed by atoms with Crippen LogP contribution in [-0.2, 0) is 0 Å². The molecule has 4 nitrogen and oxygen atoms in total. The average molecular weight is 449 g/mol. The van der Waals surface area contributed by atoms with Crippen molar-refractivity contribution in [1.82, 2.24) is 15.0 Å². The lowest BCUT2D eigenvalue weighted by atomic mass is 10.4. The van der Waals surface area contributed by atoms with Crippen molar-refractivity contribution in [1.29, 1.82) is 0 Å². The van der Waals surface area contributed by atoms with E-state index in [-0.39, 0.29) is 11.3 Å². The first-order chi connectivity index (χ1) is 15.2. The molecule has 1 aromatic heterocycles. The van der Waals surface area contributed by atoms with Gasteiger partial charge in [-0.1, -0.05) is 54.6 Å². The Balaban J connectivity index is 1.67. The summed E-state index contributed by atoms with van der Waals surface area (Å²) in [6, 6.07) is 32.8. The Bertz CT molecular complexity index is 995. The van der Waals surface area contributed by atoms with Gasteiger partial charge in [0, 0.05) is 6.42 Å². The highest BCUT2D eigenvalue weighted by molar-refractivity contribution is 7.95. The highest BCUT2D eigenvalue weighted by atomic mass is 35.5. The summed E-state index contributed by atoms with van der Waals surface area (Å²) in [5.74, 6) is 0.551. The van der Waals surface area contributed by atoms with Crippen molar-refractivity contribution in [2.75, 3.05) is 12.8 Å². The van der Waals surface area contributed by atoms with Crippen LogP contribution in [0.1, 0.15) is 12.2 Å². The lowest BCUT2D eigenvalue weighted by Crippen LogP contribution is -2.33. The molecule has 0 aliphatic rings. The molecule has 0 saturated carbocycles. The van der Waals surface area contributed by atoms with E-state index < -0.39 is 7.26 Å². The molecule has 0 unspecified atom stereocenters. The lowest BCUT2D eigenvalue weighted by Gasteiger charge is -2.27. The standard InChI is InChI=1S/C25H24ClN3OP/c1-20-27-24(26)29-25(28-20)30-18-11-19-31(21-12-5-2-6-13-21,22-14-7-3-8-15-22)23-16-9-4-10-17-23/h2-10,12-17H,11,18-19H2,1H3/q+1. The van der Waals surface area contributed by atoms with Crippen LogP contribution in [0.15, 0.2) is 91.0 Å². The number of hydrogen-bond acceptors (Lipinski definition) is 4. The van der Waals surface area contributed by atoms with Gasteiger partial charge in [0.05, 0.1) is 12.8 Å². The summed E-state index contributed by atoms with van der Waals surface area (Å²) in [4.78, 5) is 12.3. The van der Waals surface area contributed by atoms with Crippen LogP contribution in [-0.4, -0.2) is 27.7 Å². The summed E-state index contributed by atoms with van der Waals surface area (Å²) in [6.07, 6.45) is 1.83. The second-order valence-corrected chi connectivity index (χ2v) is 11.1.